The molecule has 1 aliphatic rings. The van der Waals surface area contributed by atoms with Gasteiger partial charge in [-0.2, -0.15) is 0 Å². The van der Waals surface area contributed by atoms with E-state index < -0.39 is 11.7 Å². The first-order chi connectivity index (χ1) is 13.7. The molecule has 0 aliphatic carbocycles. The molecule has 1 aromatic rings. The first-order valence-electron chi connectivity index (χ1n) is 10.0. The monoisotopic (exact) mass is 404 g/mol. The molecule has 1 aromatic carbocycles. The van der Waals surface area contributed by atoms with Crippen LogP contribution < -0.4 is 4.74 Å². The molecule has 1 aliphatic heterocycles. The van der Waals surface area contributed by atoms with Gasteiger partial charge in [-0.25, -0.2) is 4.79 Å². The molecule has 0 atom stereocenters. The van der Waals surface area contributed by atoms with Gasteiger partial charge < -0.3 is 24.4 Å². The minimum atomic E-state index is -0.545. The van der Waals surface area contributed by atoms with Gasteiger partial charge in [-0.1, -0.05) is 0 Å². The summed E-state index contributed by atoms with van der Waals surface area (Å²) >= 11 is 0. The highest BCUT2D eigenvalue weighted by Crippen LogP contribution is 2.25. The van der Waals surface area contributed by atoms with Crippen LogP contribution in [-0.4, -0.2) is 65.8 Å². The van der Waals surface area contributed by atoms with Gasteiger partial charge in [0.1, 0.15) is 23.7 Å². The van der Waals surface area contributed by atoms with Crippen molar-refractivity contribution in [3.05, 3.63) is 29.8 Å². The molecular formula is C22H32N2O5. The van der Waals surface area contributed by atoms with Crippen LogP contribution in [0.4, 0.5) is 4.79 Å². The van der Waals surface area contributed by atoms with Gasteiger partial charge in [-0.05, 0) is 58.2 Å². The number of ether oxygens (including phenoxy) is 2. The zero-order valence-corrected chi connectivity index (χ0v) is 17.8. The van der Waals surface area contributed by atoms with Crippen LogP contribution in [0.5, 0.6) is 11.5 Å². The molecule has 7 nitrogen and oxygen atoms in total. The summed E-state index contributed by atoms with van der Waals surface area (Å²) in [6.07, 6.45) is 5.95. The van der Waals surface area contributed by atoms with E-state index in [1.54, 1.807) is 25.3 Å². The van der Waals surface area contributed by atoms with Crippen LogP contribution in [-0.2, 0) is 9.53 Å². The van der Waals surface area contributed by atoms with Crippen molar-refractivity contribution < 1.29 is 24.2 Å². The van der Waals surface area contributed by atoms with Crippen molar-refractivity contribution in [3.63, 3.8) is 0 Å². The molecule has 160 valence electrons. The average molecular weight is 405 g/mol. The fraction of sp³-hybridized carbons (Fsp3) is 0.545. The van der Waals surface area contributed by atoms with Gasteiger partial charge in [0.15, 0.2) is 0 Å². The van der Waals surface area contributed by atoms with Crippen molar-refractivity contribution in [2.45, 2.75) is 45.6 Å². The van der Waals surface area contributed by atoms with Gasteiger partial charge in [0.05, 0.1) is 6.54 Å². The van der Waals surface area contributed by atoms with Gasteiger partial charge in [0.25, 0.3) is 0 Å². The predicted octanol–water partition coefficient (Wildman–Crippen LogP) is 3.66. The molecule has 0 radical (unpaired) electrons. The van der Waals surface area contributed by atoms with Gasteiger partial charge in [-0.15, -0.1) is 0 Å². The summed E-state index contributed by atoms with van der Waals surface area (Å²) in [6.45, 7) is 7.63. The summed E-state index contributed by atoms with van der Waals surface area (Å²) < 4.78 is 10.9. The van der Waals surface area contributed by atoms with Crippen LogP contribution in [0.3, 0.4) is 0 Å². The molecule has 1 fully saturated rings. The highest BCUT2D eigenvalue weighted by molar-refractivity contribution is 5.92. The standard InChI is InChI=1S/C22H32N2O5/c1-22(2,3)29-21(27)23(4)14-15-28-18-10-8-17(19(25)16-18)9-11-20(26)24-12-6-5-7-13-24/h8-11,16,25H,5-7,12-15H2,1-4H3/b11-9+. The Bertz CT molecular complexity index is 733. The number of benzene rings is 1. The summed E-state index contributed by atoms with van der Waals surface area (Å²) in [6, 6.07) is 4.92. The Kier molecular flexibility index (Phi) is 7.93. The molecule has 2 amide bonds. The normalized spacial score (nSPS) is 14.7. The number of phenols is 1. The second-order valence-corrected chi connectivity index (χ2v) is 8.19. The van der Waals surface area contributed by atoms with Gasteiger partial charge in [0.2, 0.25) is 5.91 Å². The van der Waals surface area contributed by atoms with E-state index in [4.69, 9.17) is 9.47 Å². The number of aromatic hydroxyl groups is 1. The number of nitrogens with zero attached hydrogens (tertiary/aromatic N) is 2. The molecule has 29 heavy (non-hydrogen) atoms. The lowest BCUT2D eigenvalue weighted by atomic mass is 10.1. The summed E-state index contributed by atoms with van der Waals surface area (Å²) in [5.41, 5.74) is 0.00469. The molecule has 1 saturated heterocycles. The Morgan fingerprint density at radius 1 is 1.21 bits per heavy atom. The van der Waals surface area contributed by atoms with E-state index in [0.717, 1.165) is 25.9 Å². The number of rotatable bonds is 6. The van der Waals surface area contributed by atoms with Crippen LogP contribution in [0.15, 0.2) is 24.3 Å². The van der Waals surface area contributed by atoms with Gasteiger partial charge in [0, 0.05) is 37.8 Å². The lowest BCUT2D eigenvalue weighted by Gasteiger charge is -2.25. The van der Waals surface area contributed by atoms with E-state index in [0.29, 0.717) is 17.9 Å². The zero-order valence-electron chi connectivity index (χ0n) is 17.8. The maximum absolute atomic E-state index is 12.2. The van der Waals surface area contributed by atoms with Crippen molar-refractivity contribution in [2.24, 2.45) is 0 Å². The van der Waals surface area contributed by atoms with Crippen LogP contribution >= 0.6 is 0 Å². The minimum Gasteiger partial charge on any atom is -0.507 e. The number of amides is 2. The molecule has 2 rings (SSSR count). The molecule has 0 bridgehead atoms. The number of carbonyl (C=O) groups is 2. The number of carbonyl (C=O) groups excluding carboxylic acids is 2. The molecule has 1 heterocycles. The number of phenolic OH excluding ortho intramolecular Hbond substituents is 1. The SMILES string of the molecule is CN(CCOc1ccc(/C=C/C(=O)N2CCCCC2)c(O)c1)C(=O)OC(C)(C)C. The molecule has 0 spiro atoms. The average Bonchev–Trinajstić information content (AvgIpc) is 2.66. The van der Waals surface area contributed by atoms with Crippen LogP contribution in [0.25, 0.3) is 6.08 Å². The predicted molar refractivity (Wildman–Crippen MR) is 112 cm³/mol. The second kappa shape index (κ2) is 10.2. The first kappa shape index (κ1) is 22.6. The van der Waals surface area contributed by atoms with Crippen molar-refractivity contribution in [2.75, 3.05) is 33.3 Å². The van der Waals surface area contributed by atoms with E-state index in [2.05, 4.69) is 0 Å². The third-order valence-corrected chi connectivity index (χ3v) is 4.48. The Hall–Kier alpha value is -2.70. The van der Waals surface area contributed by atoms with E-state index in [1.165, 1.54) is 23.5 Å². The maximum atomic E-state index is 12.2. The Morgan fingerprint density at radius 2 is 1.90 bits per heavy atom. The number of hydrogen-bond donors (Lipinski definition) is 1. The summed E-state index contributed by atoms with van der Waals surface area (Å²) in [7, 11) is 1.64. The molecule has 1 N–H and O–H groups in total. The smallest absolute Gasteiger partial charge is 0.410 e. The summed E-state index contributed by atoms with van der Waals surface area (Å²) in [5.74, 6) is 0.486. The Morgan fingerprint density at radius 3 is 2.52 bits per heavy atom. The van der Waals surface area contributed by atoms with Gasteiger partial charge >= 0.3 is 6.09 Å². The topological polar surface area (TPSA) is 79.3 Å². The minimum absolute atomic E-state index is 0.0328. The van der Waals surface area contributed by atoms with Crippen LogP contribution in [0.1, 0.15) is 45.6 Å². The maximum Gasteiger partial charge on any atom is 0.410 e. The molecular weight excluding hydrogens is 372 g/mol. The lowest BCUT2D eigenvalue weighted by molar-refractivity contribution is -0.126. The quantitative estimate of drug-likeness (QED) is 0.732. The highest BCUT2D eigenvalue weighted by atomic mass is 16.6. The van der Waals surface area contributed by atoms with Crippen molar-refractivity contribution in [3.8, 4) is 11.5 Å². The van der Waals surface area contributed by atoms with Crippen molar-refractivity contribution in [1.82, 2.24) is 9.80 Å². The molecule has 0 aromatic heterocycles. The molecule has 7 heteroatoms. The fourth-order valence-corrected chi connectivity index (χ4v) is 2.87. The largest absolute Gasteiger partial charge is 0.507 e. The van der Waals surface area contributed by atoms with E-state index in [1.807, 2.05) is 25.7 Å². The second-order valence-electron chi connectivity index (χ2n) is 8.19. The van der Waals surface area contributed by atoms with Crippen LogP contribution in [0, 0.1) is 0 Å². The number of piperidine rings is 1. The summed E-state index contributed by atoms with van der Waals surface area (Å²) in [4.78, 5) is 27.4. The number of hydrogen-bond acceptors (Lipinski definition) is 5. The van der Waals surface area contributed by atoms with E-state index in [-0.39, 0.29) is 18.3 Å². The third kappa shape index (κ3) is 7.68. The van der Waals surface area contributed by atoms with Crippen molar-refractivity contribution in [1.29, 1.82) is 0 Å². The van der Waals surface area contributed by atoms with Crippen LogP contribution in [0.2, 0.25) is 0 Å². The zero-order chi connectivity index (χ0) is 21.4. The van der Waals surface area contributed by atoms with Gasteiger partial charge in [-0.3, -0.25) is 4.79 Å². The molecule has 0 unspecified atom stereocenters. The van der Waals surface area contributed by atoms with E-state index in [9.17, 15) is 14.7 Å². The molecule has 0 saturated carbocycles. The fourth-order valence-electron chi connectivity index (χ4n) is 2.87. The highest BCUT2D eigenvalue weighted by Gasteiger charge is 2.19. The number of likely N-dealkylation sites (N-methyl/N-ethyl adjacent to an activating group) is 1. The lowest BCUT2D eigenvalue weighted by Crippen LogP contribution is -2.36. The third-order valence-electron chi connectivity index (χ3n) is 4.48. The number of likely N-dealkylation sites (tertiary alicyclic amines) is 1. The van der Waals surface area contributed by atoms with Crippen molar-refractivity contribution >= 4 is 18.1 Å². The first-order valence-corrected chi connectivity index (χ1v) is 10.0. The van der Waals surface area contributed by atoms with E-state index >= 15 is 0 Å². The Labute approximate surface area is 172 Å². The Balaban J connectivity index is 1.83. The summed E-state index contributed by atoms with van der Waals surface area (Å²) in [5, 5.41) is 10.2.